The largest absolute Gasteiger partial charge is 0.480 e. The molecular formula is C50H91N19O15. The van der Waals surface area contributed by atoms with Crippen molar-refractivity contribution in [3.63, 3.8) is 0 Å². The molecule has 11 amide bonds. The van der Waals surface area contributed by atoms with Crippen LogP contribution in [0.2, 0.25) is 0 Å². The summed E-state index contributed by atoms with van der Waals surface area (Å²) in [6.07, 6.45) is 1.26. The van der Waals surface area contributed by atoms with E-state index in [1.165, 1.54) is 11.8 Å². The second-order valence-electron chi connectivity index (χ2n) is 20.2. The molecule has 1 saturated heterocycles. The van der Waals surface area contributed by atoms with Gasteiger partial charge >= 0.3 is 5.97 Å². The number of aliphatic carboxylic acids is 1. The van der Waals surface area contributed by atoms with E-state index in [2.05, 4.69) is 57.8 Å². The van der Waals surface area contributed by atoms with Gasteiger partial charge < -0.3 is 108 Å². The first-order valence-electron chi connectivity index (χ1n) is 27.9. The van der Waals surface area contributed by atoms with Crippen LogP contribution in [0.25, 0.3) is 0 Å². The SMILES string of the molecule is CC(N)=NCCCC[C@H](NC(=O)CNC(=O)CNC(=O)[C@@H](NC(=O)[C@H](CO)NC(=O)[C@@H](N)CCCCN)[C@@H](C)O)C(=O)N[C@@H](C)C(=O)N1CCC[C@H]1C(=O)N[C@@H](CCCN=C(N)N)C(=O)N[C@@H](CCCCN)C(=O)N[C@@H](CCC(N)=O)C(=O)O. The zero-order valence-corrected chi connectivity index (χ0v) is 48.2. The van der Waals surface area contributed by atoms with E-state index in [9.17, 15) is 72.9 Å². The lowest BCUT2D eigenvalue weighted by Crippen LogP contribution is -2.59. The van der Waals surface area contributed by atoms with Crippen molar-refractivity contribution in [3.8, 4) is 0 Å². The molecule has 1 rings (SSSR count). The number of amides is 11. The molecule has 34 nitrogen and oxygen atoms in total. The summed E-state index contributed by atoms with van der Waals surface area (Å²) in [6, 6.07) is -12.2. The van der Waals surface area contributed by atoms with Gasteiger partial charge in [-0.2, -0.15) is 0 Å². The van der Waals surface area contributed by atoms with Crippen LogP contribution in [0.4, 0.5) is 0 Å². The van der Waals surface area contributed by atoms with Gasteiger partial charge in [-0.25, -0.2) is 4.79 Å². The van der Waals surface area contributed by atoms with Gasteiger partial charge in [0.15, 0.2) is 5.96 Å². The van der Waals surface area contributed by atoms with E-state index < -0.39 is 151 Å². The standard InChI is InChI=1S/C50H91N19O15/c1-27(48(82)69-23-11-16-36(69)46(80)65-33(15-10-22-59-50(56)57)43(77)64-32(13-5-8-20-52)44(78)66-34(49(83)84)17-18-37(55)72)62-42(76)31(14-6-9-21-58-29(3)53)63-39(74)25-60-38(73)24-61-47(81)40(28(2)71)68-45(79)35(26-70)67-41(75)30(54)12-4-7-19-51/h27-28,30-36,40,70-71H,4-26,51-52,54H2,1-3H3,(H2,53,58)(H2,55,72)(H,60,73)(H,61,81)(H,62,76)(H,63,74)(H,64,77)(H,65,80)(H,66,78)(H,67,75)(H,68,79)(H,83,84)(H4,56,57,59)/t27-,28+,30-,31-,32-,33-,34-,35-,36-,40-/m0/s1. The summed E-state index contributed by atoms with van der Waals surface area (Å²) < 4.78 is 0. The molecule has 26 N–H and O–H groups in total. The van der Waals surface area contributed by atoms with E-state index in [0.29, 0.717) is 63.9 Å². The molecule has 1 heterocycles. The lowest BCUT2D eigenvalue weighted by atomic mass is 10.0. The van der Waals surface area contributed by atoms with Crippen LogP contribution in [0.5, 0.6) is 0 Å². The van der Waals surface area contributed by atoms with Crippen molar-refractivity contribution < 1.29 is 72.9 Å². The number of nitrogens with one attached hydrogen (secondary N) is 9. The number of unbranched alkanes of at least 4 members (excludes halogenated alkanes) is 3. The number of carboxylic acids is 1. The molecule has 0 unspecified atom stereocenters. The lowest BCUT2D eigenvalue weighted by molar-refractivity contribution is -0.143. The number of rotatable bonds is 42. The Morgan fingerprint density at radius 3 is 1.68 bits per heavy atom. The minimum Gasteiger partial charge on any atom is -0.480 e. The molecule has 1 aliphatic rings. The van der Waals surface area contributed by atoms with E-state index in [4.69, 9.17) is 40.1 Å². The maximum absolute atomic E-state index is 14.1. The Kier molecular flexibility index (Phi) is 35.7. The van der Waals surface area contributed by atoms with Crippen LogP contribution in [-0.2, 0) is 57.5 Å². The molecule has 0 aromatic carbocycles. The zero-order valence-electron chi connectivity index (χ0n) is 48.2. The number of guanidine groups is 1. The number of nitrogens with two attached hydrogens (primary N) is 7. The number of aliphatic imine (C=N–C) groups is 2. The number of hydrogen-bond donors (Lipinski definition) is 19. The molecule has 476 valence electrons. The topological polar surface area (TPSA) is 584 Å². The fraction of sp³-hybridized carbons (Fsp3) is 0.720. The molecule has 1 fully saturated rings. The average molecular weight is 1200 g/mol. The van der Waals surface area contributed by atoms with E-state index >= 15 is 0 Å². The Balaban J connectivity index is 3.17. The number of nitrogens with zero attached hydrogens (tertiary/aromatic N) is 3. The highest BCUT2D eigenvalue weighted by Gasteiger charge is 2.39. The monoisotopic (exact) mass is 1200 g/mol. The minimum atomic E-state index is -1.67. The minimum absolute atomic E-state index is 0.0104. The molecule has 0 bridgehead atoms. The molecule has 0 radical (unpaired) electrons. The van der Waals surface area contributed by atoms with Gasteiger partial charge in [-0.05, 0) is 117 Å². The molecule has 0 aromatic heterocycles. The number of carbonyl (C=O) groups is 12. The second-order valence-corrected chi connectivity index (χ2v) is 20.2. The summed E-state index contributed by atoms with van der Waals surface area (Å²) >= 11 is 0. The number of carbonyl (C=O) groups excluding carboxylic acids is 11. The van der Waals surface area contributed by atoms with Crippen LogP contribution in [0, 0.1) is 0 Å². The van der Waals surface area contributed by atoms with Crippen molar-refractivity contribution in [1.82, 2.24) is 52.8 Å². The summed E-state index contributed by atoms with van der Waals surface area (Å²) in [5.41, 5.74) is 38.7. The van der Waals surface area contributed by atoms with Crippen LogP contribution >= 0.6 is 0 Å². The van der Waals surface area contributed by atoms with Gasteiger partial charge in [-0.15, -0.1) is 0 Å². The number of primary amides is 1. The normalized spacial score (nSPS) is 16.3. The van der Waals surface area contributed by atoms with E-state index in [1.807, 2.05) is 0 Å². The first-order valence-corrected chi connectivity index (χ1v) is 27.9. The highest BCUT2D eigenvalue weighted by atomic mass is 16.4. The van der Waals surface area contributed by atoms with E-state index in [-0.39, 0.29) is 77.0 Å². The summed E-state index contributed by atoms with van der Waals surface area (Å²) in [7, 11) is 0. The Labute approximate surface area is 487 Å². The average Bonchev–Trinajstić information content (AvgIpc) is 4.18. The quantitative estimate of drug-likeness (QED) is 0.0153. The molecule has 0 aromatic rings. The molecule has 84 heavy (non-hydrogen) atoms. The second kappa shape index (κ2) is 40.4. The molecule has 0 aliphatic carbocycles. The number of carboxylic acid groups (broad SMARTS) is 1. The Bertz CT molecular complexity index is 2270. The van der Waals surface area contributed by atoms with Crippen LogP contribution < -0.4 is 88.0 Å². The number of amidine groups is 1. The fourth-order valence-corrected chi connectivity index (χ4v) is 8.34. The van der Waals surface area contributed by atoms with Gasteiger partial charge in [0.1, 0.15) is 48.3 Å². The third-order valence-electron chi connectivity index (χ3n) is 13.0. The summed E-state index contributed by atoms with van der Waals surface area (Å²) in [4.78, 5) is 166. The Morgan fingerprint density at radius 1 is 0.583 bits per heavy atom. The van der Waals surface area contributed by atoms with Crippen molar-refractivity contribution in [2.24, 2.45) is 50.1 Å². The number of aliphatic hydroxyl groups excluding tert-OH is 2. The van der Waals surface area contributed by atoms with Crippen LogP contribution in [-0.4, -0.2) is 216 Å². The fourth-order valence-electron chi connectivity index (χ4n) is 8.34. The van der Waals surface area contributed by atoms with E-state index in [1.54, 1.807) is 6.92 Å². The molecule has 0 saturated carbocycles. The summed E-state index contributed by atoms with van der Waals surface area (Å²) in [6.45, 7) is 2.76. The van der Waals surface area contributed by atoms with Crippen molar-refractivity contribution in [2.75, 3.05) is 52.4 Å². The van der Waals surface area contributed by atoms with Crippen molar-refractivity contribution in [3.05, 3.63) is 0 Å². The number of aliphatic hydroxyl groups is 2. The maximum atomic E-state index is 14.1. The molecular weight excluding hydrogens is 1110 g/mol. The molecule has 1 aliphatic heterocycles. The summed E-state index contributed by atoms with van der Waals surface area (Å²) in [5, 5.41) is 51.4. The van der Waals surface area contributed by atoms with Gasteiger partial charge in [0.25, 0.3) is 0 Å². The third kappa shape index (κ3) is 29.4. The predicted molar refractivity (Wildman–Crippen MR) is 304 cm³/mol. The zero-order chi connectivity index (χ0) is 63.5. The predicted octanol–water partition coefficient (Wildman–Crippen LogP) is -8.47. The summed E-state index contributed by atoms with van der Waals surface area (Å²) in [5.74, 6) is -10.8. The number of likely N-dealkylation sites (tertiary alicyclic amines) is 1. The van der Waals surface area contributed by atoms with Crippen LogP contribution in [0.15, 0.2) is 9.98 Å². The highest BCUT2D eigenvalue weighted by Crippen LogP contribution is 2.20. The highest BCUT2D eigenvalue weighted by molar-refractivity contribution is 5.98. The number of hydrogen-bond acceptors (Lipinski definition) is 19. The first kappa shape index (κ1) is 74.2. The van der Waals surface area contributed by atoms with Gasteiger partial charge in [-0.1, -0.05) is 6.42 Å². The molecule has 0 spiro atoms. The van der Waals surface area contributed by atoms with Gasteiger partial charge in [0.2, 0.25) is 65.0 Å². The van der Waals surface area contributed by atoms with Crippen molar-refractivity contribution in [2.45, 2.75) is 178 Å². The van der Waals surface area contributed by atoms with Gasteiger partial charge in [0.05, 0.1) is 37.7 Å². The third-order valence-corrected chi connectivity index (χ3v) is 13.0. The van der Waals surface area contributed by atoms with Gasteiger partial charge in [-0.3, -0.25) is 62.7 Å². The van der Waals surface area contributed by atoms with E-state index in [0.717, 1.165) is 6.92 Å². The van der Waals surface area contributed by atoms with Crippen LogP contribution in [0.1, 0.15) is 117 Å². The Hall–Kier alpha value is -7.82. The Morgan fingerprint density at radius 2 is 1.11 bits per heavy atom. The first-order chi connectivity index (χ1) is 39.7. The van der Waals surface area contributed by atoms with Gasteiger partial charge in [0, 0.05) is 26.1 Å². The molecule has 34 heteroatoms. The molecule has 10 atom stereocenters. The van der Waals surface area contributed by atoms with Crippen molar-refractivity contribution in [1.29, 1.82) is 0 Å². The van der Waals surface area contributed by atoms with Crippen molar-refractivity contribution >= 4 is 82.7 Å². The maximum Gasteiger partial charge on any atom is 0.326 e. The smallest absolute Gasteiger partial charge is 0.326 e. The lowest BCUT2D eigenvalue weighted by Gasteiger charge is -2.30. The van der Waals surface area contributed by atoms with Crippen LogP contribution in [0.3, 0.4) is 0 Å².